The molecule has 0 spiro atoms. The van der Waals surface area contributed by atoms with Crippen LogP contribution in [0.2, 0.25) is 10.0 Å². The number of carbonyl (C=O) groups excluding carboxylic acids is 2. The number of amides is 2. The number of nitrogens with one attached hydrogen (secondary N) is 2. The topological polar surface area (TPSA) is 53.9 Å². The Morgan fingerprint density at radius 3 is 2.37 bits per heavy atom. The smallest absolute Gasteiger partial charge is 0.277 e. The Morgan fingerprint density at radius 1 is 1.11 bits per heavy atom. The highest BCUT2D eigenvalue weighted by Gasteiger charge is 2.19. The van der Waals surface area contributed by atoms with Gasteiger partial charge in [-0.1, -0.05) is 47.5 Å². The number of para-hydroxylation sites is 1. The summed E-state index contributed by atoms with van der Waals surface area (Å²) in [5, 5.41) is 3.25. The van der Waals surface area contributed by atoms with Crippen molar-refractivity contribution in [3.05, 3.63) is 63.9 Å². The number of anilines is 1. The second kappa shape index (κ2) is 9.69. The summed E-state index contributed by atoms with van der Waals surface area (Å²) in [6.07, 6.45) is 0. The molecular weight excluding hydrogens is 392 g/mol. The molecule has 2 amide bonds. The summed E-state index contributed by atoms with van der Waals surface area (Å²) in [4.78, 5) is 26.6. The zero-order valence-electron chi connectivity index (χ0n) is 15.1. The summed E-state index contributed by atoms with van der Waals surface area (Å²) in [6.45, 7) is 0.353. The van der Waals surface area contributed by atoms with Gasteiger partial charge in [0.25, 0.3) is 5.91 Å². The minimum atomic E-state index is -0.410. The predicted molar refractivity (Wildman–Crippen MR) is 105 cm³/mol. The average Bonchev–Trinajstić information content (AvgIpc) is 2.60. The van der Waals surface area contributed by atoms with E-state index in [4.69, 9.17) is 23.2 Å². The molecule has 0 heterocycles. The van der Waals surface area contributed by atoms with Crippen LogP contribution in [-0.4, -0.2) is 43.9 Å². The van der Waals surface area contributed by atoms with Crippen molar-refractivity contribution in [2.45, 2.75) is 6.54 Å². The van der Waals surface area contributed by atoms with Gasteiger partial charge in [-0.2, -0.15) is 0 Å². The lowest BCUT2D eigenvalue weighted by molar-refractivity contribution is -0.885. The fourth-order valence-corrected chi connectivity index (χ4v) is 3.01. The quantitative estimate of drug-likeness (QED) is 0.732. The van der Waals surface area contributed by atoms with Gasteiger partial charge >= 0.3 is 0 Å². The van der Waals surface area contributed by atoms with Crippen LogP contribution in [0.3, 0.4) is 0 Å². The predicted octanol–water partition coefficient (Wildman–Crippen LogP) is 2.24. The standard InChI is InChI=1S/C19H20Cl2FN3O2/c1-24(10-13-6-3-4-9-16(13)22)12-18(27)25(2)11-17(26)23-19-14(20)7-5-8-15(19)21/h3-9H,10-12H2,1-2H3,(H,23,26)/p+1. The van der Waals surface area contributed by atoms with Gasteiger partial charge in [0.15, 0.2) is 6.54 Å². The van der Waals surface area contributed by atoms with Gasteiger partial charge in [0, 0.05) is 12.6 Å². The van der Waals surface area contributed by atoms with Crippen LogP contribution in [0.5, 0.6) is 0 Å². The van der Waals surface area contributed by atoms with Crippen LogP contribution in [0, 0.1) is 5.82 Å². The minimum Gasteiger partial charge on any atom is -0.332 e. The molecule has 1 atom stereocenters. The maximum absolute atomic E-state index is 13.7. The zero-order valence-corrected chi connectivity index (χ0v) is 16.6. The van der Waals surface area contributed by atoms with Crippen molar-refractivity contribution in [1.29, 1.82) is 0 Å². The Kier molecular flexibility index (Phi) is 7.59. The SMILES string of the molecule is CN(CC(=O)Nc1c(Cl)cccc1Cl)C(=O)C[NH+](C)Cc1ccccc1F. The maximum atomic E-state index is 13.7. The molecule has 2 rings (SSSR count). The van der Waals surface area contributed by atoms with E-state index >= 15 is 0 Å². The fraction of sp³-hybridized carbons (Fsp3) is 0.263. The molecule has 0 aliphatic carbocycles. The molecule has 0 bridgehead atoms. The first-order chi connectivity index (χ1) is 12.8. The van der Waals surface area contributed by atoms with Gasteiger partial charge in [-0.05, 0) is 18.2 Å². The van der Waals surface area contributed by atoms with Gasteiger partial charge in [-0.3, -0.25) is 9.59 Å². The fourth-order valence-electron chi connectivity index (χ4n) is 2.52. The van der Waals surface area contributed by atoms with E-state index in [2.05, 4.69) is 5.32 Å². The molecule has 0 saturated heterocycles. The van der Waals surface area contributed by atoms with Crippen LogP contribution in [0.1, 0.15) is 5.56 Å². The third-order valence-corrected chi connectivity index (χ3v) is 4.57. The number of rotatable bonds is 7. The molecular formula is C19H21Cl2FN3O2+. The Morgan fingerprint density at radius 2 is 1.74 bits per heavy atom. The highest BCUT2D eigenvalue weighted by Crippen LogP contribution is 2.29. The number of halogens is 3. The molecule has 2 N–H and O–H groups in total. The van der Waals surface area contributed by atoms with E-state index in [1.165, 1.54) is 18.0 Å². The van der Waals surface area contributed by atoms with Crippen molar-refractivity contribution in [3.8, 4) is 0 Å². The van der Waals surface area contributed by atoms with Gasteiger partial charge in [0.05, 0.1) is 29.3 Å². The summed E-state index contributed by atoms with van der Waals surface area (Å²) in [7, 11) is 3.33. The molecule has 2 aromatic carbocycles. The summed E-state index contributed by atoms with van der Waals surface area (Å²) in [5.74, 6) is -0.939. The van der Waals surface area contributed by atoms with E-state index in [1.54, 1.807) is 43.4 Å². The van der Waals surface area contributed by atoms with Crippen LogP contribution in [0.4, 0.5) is 10.1 Å². The van der Waals surface area contributed by atoms with Gasteiger partial charge in [-0.25, -0.2) is 4.39 Å². The second-order valence-corrected chi connectivity index (χ2v) is 7.11. The van der Waals surface area contributed by atoms with Crippen molar-refractivity contribution >= 4 is 40.7 Å². The first-order valence-corrected chi connectivity index (χ1v) is 9.06. The normalized spacial score (nSPS) is 11.7. The lowest BCUT2D eigenvalue weighted by Gasteiger charge is -2.20. The number of carbonyl (C=O) groups is 2. The van der Waals surface area contributed by atoms with Crippen molar-refractivity contribution in [2.75, 3.05) is 32.5 Å². The number of benzene rings is 2. The Labute approximate surface area is 167 Å². The van der Waals surface area contributed by atoms with Gasteiger partial charge in [0.2, 0.25) is 5.91 Å². The molecule has 0 saturated carbocycles. The second-order valence-electron chi connectivity index (χ2n) is 6.30. The molecule has 0 radical (unpaired) electrons. The van der Waals surface area contributed by atoms with Gasteiger partial charge < -0.3 is 15.1 Å². The first-order valence-electron chi connectivity index (χ1n) is 8.30. The molecule has 2 aromatic rings. The van der Waals surface area contributed by atoms with E-state index in [0.717, 1.165) is 4.90 Å². The number of hydrogen-bond donors (Lipinski definition) is 2. The van der Waals surface area contributed by atoms with Crippen molar-refractivity contribution in [1.82, 2.24) is 4.90 Å². The van der Waals surface area contributed by atoms with Crippen LogP contribution < -0.4 is 10.2 Å². The van der Waals surface area contributed by atoms with Crippen molar-refractivity contribution in [2.24, 2.45) is 0 Å². The monoisotopic (exact) mass is 412 g/mol. The first kappa shape index (κ1) is 21.2. The molecule has 27 heavy (non-hydrogen) atoms. The number of nitrogens with zero attached hydrogens (tertiary/aromatic N) is 1. The molecule has 1 unspecified atom stereocenters. The van der Waals surface area contributed by atoms with Gasteiger partial charge in [-0.15, -0.1) is 0 Å². The van der Waals surface area contributed by atoms with E-state index in [1.807, 2.05) is 0 Å². The minimum absolute atomic E-state index is 0.130. The Hall–Kier alpha value is -2.15. The van der Waals surface area contributed by atoms with Gasteiger partial charge in [0.1, 0.15) is 12.4 Å². The molecule has 0 aliphatic rings. The highest BCUT2D eigenvalue weighted by atomic mass is 35.5. The maximum Gasteiger partial charge on any atom is 0.277 e. The number of quaternary nitrogens is 1. The number of likely N-dealkylation sites (N-methyl/N-ethyl adjacent to an activating group) is 2. The highest BCUT2D eigenvalue weighted by molar-refractivity contribution is 6.39. The van der Waals surface area contributed by atoms with E-state index in [9.17, 15) is 14.0 Å². The van der Waals surface area contributed by atoms with Crippen molar-refractivity contribution < 1.29 is 18.9 Å². The van der Waals surface area contributed by atoms with Crippen LogP contribution in [0.15, 0.2) is 42.5 Å². The lowest BCUT2D eigenvalue weighted by atomic mass is 10.2. The molecule has 5 nitrogen and oxygen atoms in total. The summed E-state index contributed by atoms with van der Waals surface area (Å²) in [5.41, 5.74) is 0.852. The molecule has 144 valence electrons. The van der Waals surface area contributed by atoms with E-state index in [-0.39, 0.29) is 24.8 Å². The lowest BCUT2D eigenvalue weighted by Crippen LogP contribution is -3.08. The van der Waals surface area contributed by atoms with E-state index in [0.29, 0.717) is 27.8 Å². The summed E-state index contributed by atoms with van der Waals surface area (Å²) in [6, 6.07) is 11.3. The third-order valence-electron chi connectivity index (χ3n) is 3.94. The average molecular weight is 413 g/mol. The van der Waals surface area contributed by atoms with Crippen LogP contribution in [0.25, 0.3) is 0 Å². The Balaban J connectivity index is 1.87. The number of hydrogen-bond acceptors (Lipinski definition) is 2. The molecule has 0 aromatic heterocycles. The van der Waals surface area contributed by atoms with Crippen LogP contribution >= 0.6 is 23.2 Å². The molecule has 0 aliphatic heterocycles. The Bertz CT molecular complexity index is 812. The summed E-state index contributed by atoms with van der Waals surface area (Å²) < 4.78 is 13.7. The third kappa shape index (κ3) is 6.20. The van der Waals surface area contributed by atoms with Crippen LogP contribution in [-0.2, 0) is 16.1 Å². The summed E-state index contributed by atoms with van der Waals surface area (Å²) >= 11 is 12.0. The zero-order chi connectivity index (χ0) is 20.0. The van der Waals surface area contributed by atoms with E-state index < -0.39 is 5.91 Å². The largest absolute Gasteiger partial charge is 0.332 e. The molecule has 8 heteroatoms. The van der Waals surface area contributed by atoms with Crippen molar-refractivity contribution in [3.63, 3.8) is 0 Å². The molecule has 0 fully saturated rings.